The second-order valence-corrected chi connectivity index (χ2v) is 6.50. The summed E-state index contributed by atoms with van der Waals surface area (Å²) in [6.07, 6.45) is 0.715. The van der Waals surface area contributed by atoms with Gasteiger partial charge in [0.25, 0.3) is 0 Å². The van der Waals surface area contributed by atoms with Crippen molar-refractivity contribution in [2.75, 3.05) is 23.8 Å². The van der Waals surface area contributed by atoms with Gasteiger partial charge in [0.1, 0.15) is 17.5 Å². The van der Waals surface area contributed by atoms with Gasteiger partial charge in [0, 0.05) is 30.2 Å². The summed E-state index contributed by atoms with van der Waals surface area (Å²) in [6.45, 7) is 13.4. The maximum atomic E-state index is 9.07. The number of aliphatic hydroxyl groups excluding tert-OH is 1. The molecule has 0 aromatic carbocycles. The van der Waals surface area contributed by atoms with Crippen LogP contribution in [0.3, 0.4) is 0 Å². The van der Waals surface area contributed by atoms with E-state index in [1.807, 2.05) is 6.92 Å². The van der Waals surface area contributed by atoms with E-state index < -0.39 is 0 Å². The van der Waals surface area contributed by atoms with Crippen molar-refractivity contribution < 1.29 is 5.11 Å². The van der Waals surface area contributed by atoms with Crippen molar-refractivity contribution in [3.05, 3.63) is 11.4 Å². The van der Waals surface area contributed by atoms with E-state index in [0.29, 0.717) is 18.3 Å². The Kier molecular flexibility index (Phi) is 5.34. The molecule has 0 aliphatic heterocycles. The fourth-order valence-electron chi connectivity index (χ4n) is 1.99. The molecule has 1 heterocycles. The Bertz CT molecular complexity index is 452. The van der Waals surface area contributed by atoms with Gasteiger partial charge in [-0.3, -0.25) is 0 Å². The van der Waals surface area contributed by atoms with Gasteiger partial charge in [-0.05, 0) is 27.2 Å². The van der Waals surface area contributed by atoms with Crippen LogP contribution in [-0.2, 0) is 5.41 Å². The molecule has 0 fully saturated rings. The van der Waals surface area contributed by atoms with Crippen LogP contribution in [0, 0.1) is 6.92 Å². The lowest BCUT2D eigenvalue weighted by molar-refractivity contribution is 0.288. The molecule has 114 valence electrons. The summed E-state index contributed by atoms with van der Waals surface area (Å²) in [4.78, 5) is 11.3. The van der Waals surface area contributed by atoms with Crippen molar-refractivity contribution in [1.82, 2.24) is 9.97 Å². The number of nitrogens with zero attached hydrogens (tertiary/aromatic N) is 3. The number of nitrogen functional groups attached to an aromatic ring is 1. The molecule has 5 nitrogen and oxygen atoms in total. The zero-order valence-corrected chi connectivity index (χ0v) is 13.6. The van der Waals surface area contributed by atoms with Crippen LogP contribution in [0.2, 0.25) is 0 Å². The second-order valence-electron chi connectivity index (χ2n) is 6.50. The van der Waals surface area contributed by atoms with E-state index in [9.17, 15) is 0 Å². The Balaban J connectivity index is 3.29. The monoisotopic (exact) mass is 280 g/mol. The molecule has 5 heteroatoms. The largest absolute Gasteiger partial charge is 0.396 e. The van der Waals surface area contributed by atoms with Gasteiger partial charge in [-0.25, -0.2) is 9.97 Å². The standard InChI is InChI=1S/C15H28N4O/c1-10(2)19(8-7-9-20)13-11(3)12(16)17-14(18-13)15(4,5)6/h10,20H,7-9H2,1-6H3,(H2,16,17,18). The summed E-state index contributed by atoms with van der Waals surface area (Å²) in [5.74, 6) is 2.17. The predicted molar refractivity (Wildman–Crippen MR) is 84.1 cm³/mol. The van der Waals surface area contributed by atoms with Crippen LogP contribution in [0.4, 0.5) is 11.6 Å². The van der Waals surface area contributed by atoms with Crippen LogP contribution in [0.1, 0.15) is 52.4 Å². The van der Waals surface area contributed by atoms with Gasteiger partial charge >= 0.3 is 0 Å². The molecule has 3 N–H and O–H groups in total. The Morgan fingerprint density at radius 2 is 1.85 bits per heavy atom. The van der Waals surface area contributed by atoms with Gasteiger partial charge in [-0.1, -0.05) is 20.8 Å². The third kappa shape index (κ3) is 3.82. The highest BCUT2D eigenvalue weighted by atomic mass is 16.3. The van der Waals surface area contributed by atoms with Crippen molar-refractivity contribution in [2.24, 2.45) is 0 Å². The fraction of sp³-hybridized carbons (Fsp3) is 0.733. The van der Waals surface area contributed by atoms with E-state index in [0.717, 1.165) is 23.8 Å². The molecule has 0 unspecified atom stereocenters. The lowest BCUT2D eigenvalue weighted by atomic mass is 9.95. The number of nitrogens with two attached hydrogens (primary N) is 1. The minimum atomic E-state index is -0.143. The highest BCUT2D eigenvalue weighted by Gasteiger charge is 2.23. The number of rotatable bonds is 5. The predicted octanol–water partition coefficient (Wildman–Crippen LogP) is 2.26. The molecule has 1 aromatic rings. The Morgan fingerprint density at radius 3 is 2.30 bits per heavy atom. The van der Waals surface area contributed by atoms with E-state index >= 15 is 0 Å². The Hall–Kier alpha value is -1.36. The first-order valence-electron chi connectivity index (χ1n) is 7.20. The van der Waals surface area contributed by atoms with Gasteiger partial charge < -0.3 is 15.7 Å². The van der Waals surface area contributed by atoms with Gasteiger partial charge in [0.15, 0.2) is 0 Å². The van der Waals surface area contributed by atoms with Crippen LogP contribution in [0.5, 0.6) is 0 Å². The highest BCUT2D eigenvalue weighted by Crippen LogP contribution is 2.28. The van der Waals surface area contributed by atoms with Crippen molar-refractivity contribution >= 4 is 11.6 Å². The lowest BCUT2D eigenvalue weighted by Gasteiger charge is -2.31. The SMILES string of the molecule is Cc1c(N)nc(C(C)(C)C)nc1N(CCCO)C(C)C. The van der Waals surface area contributed by atoms with Gasteiger partial charge in [-0.15, -0.1) is 0 Å². The van der Waals surface area contributed by atoms with Crippen molar-refractivity contribution in [3.8, 4) is 0 Å². The molecule has 0 aliphatic carbocycles. The molecule has 0 atom stereocenters. The molecular weight excluding hydrogens is 252 g/mol. The lowest BCUT2D eigenvalue weighted by Crippen LogP contribution is -2.35. The van der Waals surface area contributed by atoms with E-state index in [4.69, 9.17) is 15.8 Å². The van der Waals surface area contributed by atoms with E-state index in [1.165, 1.54) is 0 Å². The molecule has 0 bridgehead atoms. The summed E-state index contributed by atoms with van der Waals surface area (Å²) in [6, 6.07) is 0.294. The first kappa shape index (κ1) is 16.7. The normalized spacial score (nSPS) is 12.0. The first-order chi connectivity index (χ1) is 9.18. The summed E-state index contributed by atoms with van der Waals surface area (Å²) in [7, 11) is 0. The van der Waals surface area contributed by atoms with Crippen molar-refractivity contribution in [3.63, 3.8) is 0 Å². The molecule has 1 aromatic heterocycles. The van der Waals surface area contributed by atoms with Crippen LogP contribution < -0.4 is 10.6 Å². The van der Waals surface area contributed by atoms with Gasteiger partial charge in [0.2, 0.25) is 0 Å². The van der Waals surface area contributed by atoms with E-state index in [2.05, 4.69) is 44.5 Å². The molecular formula is C15H28N4O. The molecule has 0 aliphatic rings. The van der Waals surface area contributed by atoms with E-state index in [1.54, 1.807) is 0 Å². The summed E-state index contributed by atoms with van der Waals surface area (Å²) < 4.78 is 0. The minimum absolute atomic E-state index is 0.143. The molecule has 1 rings (SSSR count). The average Bonchev–Trinajstić information content (AvgIpc) is 2.32. The number of hydrogen-bond acceptors (Lipinski definition) is 5. The van der Waals surface area contributed by atoms with Crippen molar-refractivity contribution in [1.29, 1.82) is 0 Å². The van der Waals surface area contributed by atoms with Gasteiger partial charge in [-0.2, -0.15) is 0 Å². The number of hydrogen-bond donors (Lipinski definition) is 2. The molecule has 0 radical (unpaired) electrons. The fourth-order valence-corrected chi connectivity index (χ4v) is 1.99. The minimum Gasteiger partial charge on any atom is -0.396 e. The first-order valence-corrected chi connectivity index (χ1v) is 7.20. The van der Waals surface area contributed by atoms with Crippen molar-refractivity contribution in [2.45, 2.75) is 59.4 Å². The smallest absolute Gasteiger partial charge is 0.138 e. The van der Waals surface area contributed by atoms with Gasteiger partial charge in [0.05, 0.1) is 0 Å². The number of anilines is 2. The second kappa shape index (κ2) is 6.39. The highest BCUT2D eigenvalue weighted by molar-refractivity contribution is 5.57. The third-order valence-electron chi connectivity index (χ3n) is 3.28. The molecule has 0 spiro atoms. The van der Waals surface area contributed by atoms with Crippen LogP contribution in [0.15, 0.2) is 0 Å². The van der Waals surface area contributed by atoms with Crippen LogP contribution >= 0.6 is 0 Å². The quantitative estimate of drug-likeness (QED) is 0.865. The summed E-state index contributed by atoms with van der Waals surface area (Å²) >= 11 is 0. The average molecular weight is 280 g/mol. The topological polar surface area (TPSA) is 75.3 Å². The molecule has 0 saturated heterocycles. The maximum absolute atomic E-state index is 9.07. The third-order valence-corrected chi connectivity index (χ3v) is 3.28. The zero-order chi connectivity index (χ0) is 15.5. The molecule has 0 amide bonds. The summed E-state index contributed by atoms with van der Waals surface area (Å²) in [5, 5.41) is 9.07. The molecule has 20 heavy (non-hydrogen) atoms. The summed E-state index contributed by atoms with van der Waals surface area (Å²) in [5.41, 5.74) is 6.82. The Morgan fingerprint density at radius 1 is 1.25 bits per heavy atom. The maximum Gasteiger partial charge on any atom is 0.138 e. The number of aromatic nitrogens is 2. The Labute approximate surface area is 122 Å². The van der Waals surface area contributed by atoms with Crippen LogP contribution in [0.25, 0.3) is 0 Å². The molecule has 0 saturated carbocycles. The number of aliphatic hydroxyl groups is 1. The zero-order valence-electron chi connectivity index (χ0n) is 13.6. The van der Waals surface area contributed by atoms with E-state index in [-0.39, 0.29) is 12.0 Å². The van der Waals surface area contributed by atoms with Crippen LogP contribution in [-0.4, -0.2) is 34.3 Å².